The van der Waals surface area contributed by atoms with Crippen molar-refractivity contribution in [2.75, 3.05) is 6.54 Å². The molecule has 2 aliphatic rings. The van der Waals surface area contributed by atoms with E-state index in [1.54, 1.807) is 23.9 Å². The molecule has 1 aliphatic heterocycles. The number of aliphatic imine (C=N–C) groups is 1. The second kappa shape index (κ2) is 5.07. The van der Waals surface area contributed by atoms with E-state index in [1.165, 1.54) is 6.07 Å². The van der Waals surface area contributed by atoms with Crippen molar-refractivity contribution in [2.45, 2.75) is 49.9 Å². The van der Waals surface area contributed by atoms with Crippen molar-refractivity contribution in [3.05, 3.63) is 40.9 Å². The van der Waals surface area contributed by atoms with Crippen LogP contribution in [0.2, 0.25) is 0 Å². The molecule has 0 aromatic heterocycles. The lowest BCUT2D eigenvalue weighted by molar-refractivity contribution is 0.230. The summed E-state index contributed by atoms with van der Waals surface area (Å²) in [4.78, 5) is 4.72. The largest absolute Gasteiger partial charge is 0.784 e. The number of hydrogen-bond donors (Lipinski definition) is 0. The first-order valence-corrected chi connectivity index (χ1v) is 8.12. The molecule has 0 N–H and O–H groups in total. The van der Waals surface area contributed by atoms with Crippen LogP contribution in [0, 0.1) is 11.0 Å². The van der Waals surface area contributed by atoms with E-state index in [2.05, 4.69) is 0 Å². The fraction of sp³-hybridized carbons (Fsp3) is 0.562. The summed E-state index contributed by atoms with van der Waals surface area (Å²) < 4.78 is 13.6. The molecule has 1 saturated carbocycles. The molecular formula is C16H20FN2OS-. The fourth-order valence-electron chi connectivity index (χ4n) is 2.53. The number of hydroxylamine groups is 2. The molecule has 114 valence electrons. The van der Waals surface area contributed by atoms with E-state index in [0.29, 0.717) is 11.6 Å². The first-order chi connectivity index (χ1) is 9.83. The maximum absolute atomic E-state index is 14.2. The van der Waals surface area contributed by atoms with Crippen molar-refractivity contribution in [2.24, 2.45) is 4.99 Å². The zero-order valence-corrected chi connectivity index (χ0v) is 13.4. The highest BCUT2D eigenvalue weighted by atomic mass is 32.2. The van der Waals surface area contributed by atoms with Gasteiger partial charge >= 0.3 is 0 Å². The second-order valence-corrected chi connectivity index (χ2v) is 8.07. The van der Waals surface area contributed by atoms with Gasteiger partial charge in [-0.2, -0.15) is 0 Å². The summed E-state index contributed by atoms with van der Waals surface area (Å²) in [5.41, 5.74) is -0.0484. The Bertz CT molecular complexity index is 585. The van der Waals surface area contributed by atoms with Crippen LogP contribution in [-0.4, -0.2) is 28.2 Å². The molecule has 1 atom stereocenters. The highest BCUT2D eigenvalue weighted by Crippen LogP contribution is 2.47. The molecule has 1 aromatic carbocycles. The maximum atomic E-state index is 14.2. The van der Waals surface area contributed by atoms with Gasteiger partial charge in [0.05, 0.1) is 21.4 Å². The van der Waals surface area contributed by atoms with Crippen LogP contribution in [-0.2, 0) is 4.75 Å². The Morgan fingerprint density at radius 1 is 1.29 bits per heavy atom. The summed E-state index contributed by atoms with van der Waals surface area (Å²) in [6.07, 6.45) is 2.19. The van der Waals surface area contributed by atoms with E-state index >= 15 is 0 Å². The van der Waals surface area contributed by atoms with E-state index in [4.69, 9.17) is 4.99 Å². The van der Waals surface area contributed by atoms with Crippen LogP contribution in [0.3, 0.4) is 0 Å². The first-order valence-electron chi connectivity index (χ1n) is 7.30. The van der Waals surface area contributed by atoms with Gasteiger partial charge in [0.15, 0.2) is 0 Å². The average molecular weight is 307 g/mol. The van der Waals surface area contributed by atoms with Crippen LogP contribution in [0.5, 0.6) is 0 Å². The van der Waals surface area contributed by atoms with Gasteiger partial charge in [0, 0.05) is 12.1 Å². The number of nitrogens with zero attached hydrogens (tertiary/aromatic N) is 2. The number of rotatable bonds is 2. The third-order valence-corrected chi connectivity index (χ3v) is 5.80. The molecule has 5 heteroatoms. The number of thioether (sulfide) groups is 1. The van der Waals surface area contributed by atoms with Gasteiger partial charge in [-0.25, -0.2) is 4.39 Å². The summed E-state index contributed by atoms with van der Waals surface area (Å²) >= 11 is 1.55. The quantitative estimate of drug-likeness (QED) is 0.831. The van der Waals surface area contributed by atoms with Gasteiger partial charge in [0.1, 0.15) is 5.82 Å². The monoisotopic (exact) mass is 307 g/mol. The third-order valence-electron chi connectivity index (χ3n) is 4.20. The molecule has 1 unspecified atom stereocenters. The minimum absolute atomic E-state index is 0.258. The molecule has 0 bridgehead atoms. The maximum Gasteiger partial charge on any atom is 0.127 e. The van der Waals surface area contributed by atoms with Gasteiger partial charge in [0.25, 0.3) is 0 Å². The molecule has 0 radical (unpaired) electrons. The number of hydrogen-bond acceptors (Lipinski definition) is 4. The minimum Gasteiger partial charge on any atom is -0.784 e. The SMILES string of the molecule is CC1(c2ccccc2F)CN([O-])C(C)(C)C(=NC2CC2)S1. The number of benzene rings is 1. The number of halogens is 1. The topological polar surface area (TPSA) is 38.7 Å². The zero-order chi connectivity index (χ0) is 15.3. The van der Waals surface area contributed by atoms with E-state index < -0.39 is 10.3 Å². The molecule has 3 rings (SSSR count). The highest BCUT2D eigenvalue weighted by molar-refractivity contribution is 8.15. The third kappa shape index (κ3) is 2.74. The summed E-state index contributed by atoms with van der Waals surface area (Å²) in [5.74, 6) is -0.258. The van der Waals surface area contributed by atoms with Crippen molar-refractivity contribution in [1.82, 2.24) is 5.06 Å². The Kier molecular flexibility index (Phi) is 3.62. The Morgan fingerprint density at radius 2 is 1.95 bits per heavy atom. The average Bonchev–Trinajstić information content (AvgIpc) is 3.20. The van der Waals surface area contributed by atoms with Crippen LogP contribution >= 0.6 is 11.8 Å². The normalized spacial score (nSPS) is 31.6. The van der Waals surface area contributed by atoms with Gasteiger partial charge < -0.3 is 10.3 Å². The molecule has 1 saturated heterocycles. The molecule has 1 aromatic rings. The second-order valence-electron chi connectivity index (χ2n) is 6.57. The van der Waals surface area contributed by atoms with E-state index in [-0.39, 0.29) is 12.4 Å². The van der Waals surface area contributed by atoms with E-state index in [9.17, 15) is 9.60 Å². The van der Waals surface area contributed by atoms with Gasteiger partial charge in [-0.1, -0.05) is 30.0 Å². The van der Waals surface area contributed by atoms with Crippen LogP contribution in [0.1, 0.15) is 39.2 Å². The fourth-order valence-corrected chi connectivity index (χ4v) is 3.97. The molecular weight excluding hydrogens is 287 g/mol. The lowest BCUT2D eigenvalue weighted by Gasteiger charge is -2.54. The molecule has 3 nitrogen and oxygen atoms in total. The smallest absolute Gasteiger partial charge is 0.127 e. The minimum atomic E-state index is -0.627. The summed E-state index contributed by atoms with van der Waals surface area (Å²) in [7, 11) is 0. The van der Waals surface area contributed by atoms with Crippen LogP contribution < -0.4 is 0 Å². The van der Waals surface area contributed by atoms with Crippen molar-refractivity contribution >= 4 is 16.8 Å². The summed E-state index contributed by atoms with van der Waals surface area (Å²) in [5, 5.41) is 14.4. The van der Waals surface area contributed by atoms with Crippen molar-refractivity contribution in [1.29, 1.82) is 0 Å². The van der Waals surface area contributed by atoms with Gasteiger partial charge in [-0.3, -0.25) is 4.99 Å². The van der Waals surface area contributed by atoms with Gasteiger partial charge in [-0.05, 0) is 39.7 Å². The Labute approximate surface area is 129 Å². The highest BCUT2D eigenvalue weighted by Gasteiger charge is 2.44. The van der Waals surface area contributed by atoms with Gasteiger partial charge in [0.2, 0.25) is 0 Å². The lowest BCUT2D eigenvalue weighted by Crippen LogP contribution is -2.55. The molecule has 21 heavy (non-hydrogen) atoms. The summed E-state index contributed by atoms with van der Waals surface area (Å²) in [6.45, 7) is 5.98. The standard InChI is InChI=1S/C16H20FN2OS/c1-15(2)14(18-11-8-9-11)21-16(3,10-19(15)20)12-6-4-5-7-13(12)17/h4-7,11H,8-10H2,1-3H3/q-1. The Hall–Kier alpha value is -0.910. The summed E-state index contributed by atoms with van der Waals surface area (Å²) in [6, 6.07) is 7.06. The van der Waals surface area contributed by atoms with E-state index in [1.807, 2.05) is 26.8 Å². The van der Waals surface area contributed by atoms with Crippen LogP contribution in [0.15, 0.2) is 29.3 Å². The first kappa shape index (κ1) is 15.0. The molecule has 0 spiro atoms. The van der Waals surface area contributed by atoms with Crippen LogP contribution in [0.4, 0.5) is 4.39 Å². The predicted molar refractivity (Wildman–Crippen MR) is 86.0 cm³/mol. The van der Waals surface area contributed by atoms with Crippen molar-refractivity contribution in [3.63, 3.8) is 0 Å². The predicted octanol–water partition coefficient (Wildman–Crippen LogP) is 3.93. The van der Waals surface area contributed by atoms with E-state index in [0.717, 1.165) is 22.9 Å². The van der Waals surface area contributed by atoms with Crippen molar-refractivity contribution in [3.8, 4) is 0 Å². The molecule has 1 aliphatic carbocycles. The molecule has 1 heterocycles. The van der Waals surface area contributed by atoms with Crippen LogP contribution in [0.25, 0.3) is 0 Å². The zero-order valence-electron chi connectivity index (χ0n) is 12.6. The molecule has 0 amide bonds. The Morgan fingerprint density at radius 3 is 2.57 bits per heavy atom. The lowest BCUT2D eigenvalue weighted by atomic mass is 9.96. The van der Waals surface area contributed by atoms with Crippen molar-refractivity contribution < 1.29 is 4.39 Å². The van der Waals surface area contributed by atoms with Gasteiger partial charge in [-0.15, -0.1) is 0 Å². The Balaban J connectivity index is 1.99. The molecule has 2 fully saturated rings.